The van der Waals surface area contributed by atoms with Crippen LogP contribution in [0.1, 0.15) is 19.8 Å². The standard InChI is InChI=1S/C25H29ClN2O5S/c1-4-12-27(17-9-7-6-8-16(17)26)22(31)20-25-11-10-24(3,34-25)19(23(32)33-15-5-2)18(25)21(30)28(20)13-14-29/h4-9,18-20,29H,1-2,10-15H2,3H3/t18-,19+,20?,24-,25?/m0/s1. The number of aliphatic hydroxyl groups excluding tert-OH is 1. The van der Waals surface area contributed by atoms with Crippen molar-refractivity contribution in [2.75, 3.05) is 31.2 Å². The fourth-order valence-corrected chi connectivity index (χ4v) is 8.47. The predicted octanol–water partition coefficient (Wildman–Crippen LogP) is 3.06. The maximum atomic E-state index is 14.2. The number of hydrogen-bond acceptors (Lipinski definition) is 6. The van der Waals surface area contributed by atoms with Crippen LogP contribution in [0, 0.1) is 11.8 Å². The van der Waals surface area contributed by atoms with Gasteiger partial charge in [-0.15, -0.1) is 18.3 Å². The van der Waals surface area contributed by atoms with E-state index in [-0.39, 0.29) is 38.1 Å². The Kier molecular flexibility index (Phi) is 6.86. The summed E-state index contributed by atoms with van der Waals surface area (Å²) < 4.78 is 4.08. The number of fused-ring (bicyclic) bond motifs is 1. The van der Waals surface area contributed by atoms with E-state index in [0.717, 1.165) is 0 Å². The SMILES string of the molecule is C=CCOC(=O)[C@H]1[C@H]2C(=O)N(CCO)C(C(=O)N(CC=C)c3ccccc3Cl)C23CC[C@]1(C)S3. The number of β-amino-alcohol motifs (C(OH)–C–C–N with tert-alkyl or cyclic N) is 1. The first kappa shape index (κ1) is 24.8. The molecule has 2 bridgehead atoms. The average molecular weight is 505 g/mol. The van der Waals surface area contributed by atoms with Crippen molar-refractivity contribution in [1.29, 1.82) is 0 Å². The molecule has 1 N–H and O–H groups in total. The third-order valence-electron chi connectivity index (χ3n) is 7.17. The lowest BCUT2D eigenvalue weighted by Crippen LogP contribution is -2.55. The molecular formula is C25H29ClN2O5S. The number of carbonyl (C=O) groups excluding carboxylic acids is 3. The number of aliphatic hydroxyl groups is 1. The molecule has 0 saturated carbocycles. The summed E-state index contributed by atoms with van der Waals surface area (Å²) in [4.78, 5) is 44.0. The molecular weight excluding hydrogens is 476 g/mol. The van der Waals surface area contributed by atoms with E-state index in [9.17, 15) is 19.5 Å². The minimum Gasteiger partial charge on any atom is -0.461 e. The number of benzene rings is 1. The topological polar surface area (TPSA) is 87.1 Å². The van der Waals surface area contributed by atoms with Crippen molar-refractivity contribution >= 4 is 46.8 Å². The highest BCUT2D eigenvalue weighted by Gasteiger charge is 2.77. The lowest BCUT2D eigenvalue weighted by Gasteiger charge is -2.37. The summed E-state index contributed by atoms with van der Waals surface area (Å²) in [7, 11) is 0. The van der Waals surface area contributed by atoms with Gasteiger partial charge in [0, 0.05) is 17.8 Å². The second-order valence-corrected chi connectivity index (χ2v) is 11.4. The number of rotatable bonds is 9. The Labute approximate surface area is 208 Å². The Balaban J connectivity index is 1.79. The van der Waals surface area contributed by atoms with Gasteiger partial charge in [0.15, 0.2) is 0 Å². The third-order valence-corrected chi connectivity index (χ3v) is 9.48. The molecule has 2 amide bonds. The molecule has 182 valence electrons. The number of amides is 2. The van der Waals surface area contributed by atoms with Gasteiger partial charge >= 0.3 is 5.97 Å². The van der Waals surface area contributed by atoms with E-state index >= 15 is 0 Å². The summed E-state index contributed by atoms with van der Waals surface area (Å²) in [6.45, 7) is 9.34. The number of ether oxygens (including phenoxy) is 1. The minimum atomic E-state index is -0.850. The first-order chi connectivity index (χ1) is 16.3. The van der Waals surface area contributed by atoms with Crippen molar-refractivity contribution in [2.24, 2.45) is 11.8 Å². The monoisotopic (exact) mass is 504 g/mol. The Morgan fingerprint density at radius 2 is 2.06 bits per heavy atom. The summed E-state index contributed by atoms with van der Waals surface area (Å²) >= 11 is 7.98. The summed E-state index contributed by atoms with van der Waals surface area (Å²) in [6, 6.07) is 6.18. The highest BCUT2D eigenvalue weighted by atomic mass is 35.5. The molecule has 1 spiro atoms. The molecule has 0 aliphatic carbocycles. The molecule has 2 unspecified atom stereocenters. The zero-order valence-electron chi connectivity index (χ0n) is 19.1. The summed E-state index contributed by atoms with van der Waals surface area (Å²) in [5, 5.41) is 10.2. The quantitative estimate of drug-likeness (QED) is 0.411. The molecule has 1 aromatic rings. The van der Waals surface area contributed by atoms with E-state index in [1.165, 1.54) is 15.9 Å². The molecule has 0 aromatic heterocycles. The Morgan fingerprint density at radius 1 is 1.32 bits per heavy atom. The van der Waals surface area contributed by atoms with Crippen molar-refractivity contribution < 1.29 is 24.2 Å². The number of carbonyl (C=O) groups is 3. The number of nitrogens with zero attached hydrogens (tertiary/aromatic N) is 2. The summed E-state index contributed by atoms with van der Waals surface area (Å²) in [5.41, 5.74) is 0.524. The lowest BCUT2D eigenvalue weighted by atomic mass is 9.66. The van der Waals surface area contributed by atoms with Crippen LogP contribution in [0.3, 0.4) is 0 Å². The van der Waals surface area contributed by atoms with Crippen LogP contribution in [0.5, 0.6) is 0 Å². The highest BCUT2D eigenvalue weighted by Crippen LogP contribution is 2.71. The molecule has 3 aliphatic rings. The molecule has 9 heteroatoms. The van der Waals surface area contributed by atoms with Crippen LogP contribution in [0.25, 0.3) is 0 Å². The zero-order chi connectivity index (χ0) is 24.7. The van der Waals surface area contributed by atoms with Gasteiger partial charge in [-0.05, 0) is 31.9 Å². The van der Waals surface area contributed by atoms with Crippen molar-refractivity contribution in [3.05, 3.63) is 54.6 Å². The van der Waals surface area contributed by atoms with Gasteiger partial charge in [-0.3, -0.25) is 14.4 Å². The van der Waals surface area contributed by atoms with E-state index in [1.807, 2.05) is 6.92 Å². The number of thioether (sulfide) groups is 1. The maximum Gasteiger partial charge on any atom is 0.311 e. The normalized spacial score (nSPS) is 31.3. The van der Waals surface area contributed by atoms with Gasteiger partial charge in [0.1, 0.15) is 12.6 Å². The smallest absolute Gasteiger partial charge is 0.311 e. The van der Waals surface area contributed by atoms with Crippen LogP contribution in [-0.4, -0.2) is 69.6 Å². The fraction of sp³-hybridized carbons (Fsp3) is 0.480. The molecule has 3 heterocycles. The summed E-state index contributed by atoms with van der Waals surface area (Å²) in [5.74, 6) is -2.41. The van der Waals surface area contributed by atoms with Crippen LogP contribution in [0.4, 0.5) is 5.69 Å². The number of anilines is 1. The Bertz CT molecular complexity index is 1030. The largest absolute Gasteiger partial charge is 0.461 e. The van der Waals surface area contributed by atoms with Crippen LogP contribution in [0.15, 0.2) is 49.6 Å². The van der Waals surface area contributed by atoms with Crippen LogP contribution < -0.4 is 4.90 Å². The Hall–Kier alpha value is -2.29. The summed E-state index contributed by atoms with van der Waals surface area (Å²) in [6.07, 6.45) is 4.39. The van der Waals surface area contributed by atoms with Gasteiger partial charge in [-0.1, -0.05) is 42.5 Å². The molecule has 0 radical (unpaired) electrons. The number of halogens is 1. The van der Waals surface area contributed by atoms with Gasteiger partial charge in [0.25, 0.3) is 5.91 Å². The first-order valence-electron chi connectivity index (χ1n) is 11.3. The lowest BCUT2D eigenvalue weighted by molar-refractivity contribution is -0.154. The number of likely N-dealkylation sites (tertiary alicyclic amines) is 1. The molecule has 4 rings (SSSR count). The second kappa shape index (κ2) is 9.40. The fourth-order valence-electron chi connectivity index (χ4n) is 5.90. The van der Waals surface area contributed by atoms with E-state index in [2.05, 4.69) is 13.2 Å². The number of esters is 1. The van der Waals surface area contributed by atoms with Gasteiger partial charge in [0.2, 0.25) is 5.91 Å². The number of hydrogen-bond donors (Lipinski definition) is 1. The van der Waals surface area contributed by atoms with E-state index in [4.69, 9.17) is 16.3 Å². The van der Waals surface area contributed by atoms with Crippen molar-refractivity contribution in [3.63, 3.8) is 0 Å². The minimum absolute atomic E-state index is 0.00361. The van der Waals surface area contributed by atoms with Gasteiger partial charge in [0.05, 0.1) is 33.9 Å². The van der Waals surface area contributed by atoms with Crippen molar-refractivity contribution in [2.45, 2.75) is 35.3 Å². The van der Waals surface area contributed by atoms with Gasteiger partial charge in [-0.2, -0.15) is 0 Å². The Morgan fingerprint density at radius 3 is 2.71 bits per heavy atom. The van der Waals surface area contributed by atoms with Crippen molar-refractivity contribution in [1.82, 2.24) is 4.90 Å². The highest BCUT2D eigenvalue weighted by molar-refractivity contribution is 8.02. The zero-order valence-corrected chi connectivity index (χ0v) is 20.7. The van der Waals surface area contributed by atoms with Crippen molar-refractivity contribution in [3.8, 4) is 0 Å². The van der Waals surface area contributed by atoms with Gasteiger partial charge < -0.3 is 19.6 Å². The van der Waals surface area contributed by atoms with E-state index < -0.39 is 33.3 Å². The first-order valence-corrected chi connectivity index (χ1v) is 12.5. The average Bonchev–Trinajstić information content (AvgIpc) is 3.37. The molecule has 3 saturated heterocycles. The van der Waals surface area contributed by atoms with Crippen LogP contribution in [-0.2, 0) is 19.1 Å². The number of para-hydroxylation sites is 1. The molecule has 7 nitrogen and oxygen atoms in total. The van der Waals surface area contributed by atoms with Crippen LogP contribution >= 0.6 is 23.4 Å². The van der Waals surface area contributed by atoms with E-state index in [0.29, 0.717) is 23.6 Å². The second-order valence-electron chi connectivity index (χ2n) is 9.09. The molecule has 34 heavy (non-hydrogen) atoms. The predicted molar refractivity (Wildman–Crippen MR) is 133 cm³/mol. The van der Waals surface area contributed by atoms with Gasteiger partial charge in [-0.25, -0.2) is 0 Å². The van der Waals surface area contributed by atoms with E-state index in [1.54, 1.807) is 42.1 Å². The maximum absolute atomic E-state index is 14.2. The van der Waals surface area contributed by atoms with Crippen LogP contribution in [0.2, 0.25) is 5.02 Å². The molecule has 1 aromatic carbocycles. The molecule has 3 fully saturated rings. The third kappa shape index (κ3) is 3.67. The molecule has 5 atom stereocenters. The molecule has 3 aliphatic heterocycles.